The summed E-state index contributed by atoms with van der Waals surface area (Å²) >= 11 is 1.57. The molecule has 4 rings (SSSR count). The van der Waals surface area contributed by atoms with Crippen molar-refractivity contribution in [2.45, 2.75) is 19.3 Å². The summed E-state index contributed by atoms with van der Waals surface area (Å²) in [6, 6.07) is 3.47. The van der Waals surface area contributed by atoms with Gasteiger partial charge in [-0.25, -0.2) is 4.98 Å². The molecule has 3 aromatic heterocycles. The van der Waals surface area contributed by atoms with Gasteiger partial charge in [-0.15, -0.1) is 0 Å². The standard InChI is InChI=1S/C18H19N5O2S/c1-11-14(8-19-22(11)2)18(25)23-5-3-12(9-23)17-20-15(7-16(24)21-17)13-4-6-26-10-13/h4,6-8,10,12H,3,5,9H2,1-2H3,(H,20,21,24)/t12-/m0/s1. The lowest BCUT2D eigenvalue weighted by atomic mass is 10.1. The highest BCUT2D eigenvalue weighted by Gasteiger charge is 2.31. The molecule has 3 aromatic rings. The highest BCUT2D eigenvalue weighted by Crippen LogP contribution is 2.27. The summed E-state index contributed by atoms with van der Waals surface area (Å²) in [5.41, 5.74) is 2.94. The van der Waals surface area contributed by atoms with Crippen LogP contribution in [0.1, 0.15) is 34.2 Å². The Morgan fingerprint density at radius 1 is 1.42 bits per heavy atom. The van der Waals surface area contributed by atoms with E-state index >= 15 is 0 Å². The average molecular weight is 369 g/mol. The average Bonchev–Trinajstić information content (AvgIpc) is 3.36. The number of aromatic nitrogens is 4. The molecule has 4 heterocycles. The zero-order valence-corrected chi connectivity index (χ0v) is 15.4. The van der Waals surface area contributed by atoms with Gasteiger partial charge in [-0.05, 0) is 24.8 Å². The van der Waals surface area contributed by atoms with E-state index in [9.17, 15) is 9.59 Å². The van der Waals surface area contributed by atoms with Crippen molar-refractivity contribution in [2.24, 2.45) is 7.05 Å². The number of rotatable bonds is 3. The van der Waals surface area contributed by atoms with E-state index in [1.54, 1.807) is 22.2 Å². The summed E-state index contributed by atoms with van der Waals surface area (Å²) in [5.74, 6) is 0.661. The van der Waals surface area contributed by atoms with E-state index in [2.05, 4.69) is 15.1 Å². The number of aromatic amines is 1. The third kappa shape index (κ3) is 2.96. The second kappa shape index (κ2) is 6.53. The Bertz CT molecular complexity index is 1010. The predicted molar refractivity (Wildman–Crippen MR) is 99.4 cm³/mol. The largest absolute Gasteiger partial charge is 0.338 e. The summed E-state index contributed by atoms with van der Waals surface area (Å²) in [7, 11) is 1.82. The number of hydrogen-bond donors (Lipinski definition) is 1. The molecule has 0 spiro atoms. The van der Waals surface area contributed by atoms with E-state index in [0.29, 0.717) is 30.2 Å². The molecule has 0 bridgehead atoms. The Kier molecular flexibility index (Phi) is 4.20. The SMILES string of the molecule is Cc1c(C(=O)N2CC[C@H](c3nc(-c4ccsc4)cc(=O)[nH]3)C2)cnn1C. The van der Waals surface area contributed by atoms with Crippen LogP contribution in [0.15, 0.2) is 33.9 Å². The number of carbonyl (C=O) groups is 1. The first-order chi connectivity index (χ1) is 12.5. The molecule has 1 N–H and O–H groups in total. The Hall–Kier alpha value is -2.74. The quantitative estimate of drug-likeness (QED) is 0.767. The lowest BCUT2D eigenvalue weighted by molar-refractivity contribution is 0.0789. The number of hydrogen-bond acceptors (Lipinski definition) is 5. The summed E-state index contributed by atoms with van der Waals surface area (Å²) in [5, 5.41) is 8.08. The third-order valence-corrected chi connectivity index (χ3v) is 5.59. The molecule has 0 saturated carbocycles. The van der Waals surface area contributed by atoms with Crippen molar-refractivity contribution >= 4 is 17.2 Å². The van der Waals surface area contributed by atoms with Gasteiger partial charge < -0.3 is 9.88 Å². The fourth-order valence-corrected chi connectivity index (χ4v) is 3.92. The van der Waals surface area contributed by atoms with Crippen molar-refractivity contribution in [3.05, 3.63) is 56.5 Å². The molecule has 0 unspecified atom stereocenters. The van der Waals surface area contributed by atoms with Crippen LogP contribution in [-0.4, -0.2) is 43.6 Å². The van der Waals surface area contributed by atoms with Crippen LogP contribution in [0.4, 0.5) is 0 Å². The highest BCUT2D eigenvalue weighted by molar-refractivity contribution is 7.08. The van der Waals surface area contributed by atoms with Gasteiger partial charge in [0.25, 0.3) is 11.5 Å². The first-order valence-corrected chi connectivity index (χ1v) is 9.39. The van der Waals surface area contributed by atoms with Gasteiger partial charge in [0.1, 0.15) is 5.82 Å². The highest BCUT2D eigenvalue weighted by atomic mass is 32.1. The number of nitrogens with one attached hydrogen (secondary N) is 1. The van der Waals surface area contributed by atoms with Crippen LogP contribution in [0, 0.1) is 6.92 Å². The molecule has 1 fully saturated rings. The second-order valence-corrected chi connectivity index (χ2v) is 7.31. The zero-order valence-electron chi connectivity index (χ0n) is 14.6. The van der Waals surface area contributed by atoms with Crippen LogP contribution in [-0.2, 0) is 7.05 Å². The van der Waals surface area contributed by atoms with Crippen LogP contribution in [0.2, 0.25) is 0 Å². The molecule has 1 atom stereocenters. The number of aryl methyl sites for hydroxylation is 1. The van der Waals surface area contributed by atoms with Gasteiger partial charge in [0.2, 0.25) is 0 Å². The molecule has 0 radical (unpaired) electrons. The maximum atomic E-state index is 12.8. The fraction of sp³-hybridized carbons (Fsp3) is 0.333. The van der Waals surface area contributed by atoms with Crippen molar-refractivity contribution in [3.8, 4) is 11.3 Å². The van der Waals surface area contributed by atoms with Crippen LogP contribution >= 0.6 is 11.3 Å². The molecule has 1 saturated heterocycles. The van der Waals surface area contributed by atoms with E-state index in [0.717, 1.165) is 17.7 Å². The molecule has 0 aliphatic carbocycles. The monoisotopic (exact) mass is 369 g/mol. The molecular weight excluding hydrogens is 350 g/mol. The van der Waals surface area contributed by atoms with Crippen LogP contribution in [0.3, 0.4) is 0 Å². The predicted octanol–water partition coefficient (Wildman–Crippen LogP) is 2.17. The molecule has 8 heteroatoms. The van der Waals surface area contributed by atoms with Crippen molar-refractivity contribution < 1.29 is 4.79 Å². The number of H-pyrrole nitrogens is 1. The maximum absolute atomic E-state index is 12.8. The van der Waals surface area contributed by atoms with Crippen molar-refractivity contribution in [1.29, 1.82) is 0 Å². The molecule has 1 aliphatic heterocycles. The van der Waals surface area contributed by atoms with Gasteiger partial charge in [0.05, 0.1) is 17.5 Å². The van der Waals surface area contributed by atoms with Crippen molar-refractivity contribution in [3.63, 3.8) is 0 Å². The molecule has 7 nitrogen and oxygen atoms in total. The van der Waals surface area contributed by atoms with Gasteiger partial charge in [0.15, 0.2) is 0 Å². The summed E-state index contributed by atoms with van der Waals surface area (Å²) in [6.45, 7) is 3.07. The van der Waals surface area contributed by atoms with Crippen molar-refractivity contribution in [1.82, 2.24) is 24.6 Å². The minimum Gasteiger partial charge on any atom is -0.338 e. The van der Waals surface area contributed by atoms with E-state index in [-0.39, 0.29) is 17.4 Å². The molecule has 26 heavy (non-hydrogen) atoms. The molecule has 0 aromatic carbocycles. The van der Waals surface area contributed by atoms with Gasteiger partial charge in [0, 0.05) is 48.8 Å². The lowest BCUT2D eigenvalue weighted by Gasteiger charge is -2.16. The smallest absolute Gasteiger partial charge is 0.257 e. The maximum Gasteiger partial charge on any atom is 0.257 e. The Balaban J connectivity index is 1.57. The number of nitrogens with zero attached hydrogens (tertiary/aromatic N) is 4. The first-order valence-electron chi connectivity index (χ1n) is 8.44. The molecule has 1 amide bonds. The zero-order chi connectivity index (χ0) is 18.3. The minimum atomic E-state index is -0.163. The van der Waals surface area contributed by atoms with E-state index in [1.807, 2.05) is 35.7 Å². The number of carbonyl (C=O) groups excluding carboxylic acids is 1. The number of likely N-dealkylation sites (tertiary alicyclic amines) is 1. The molecule has 134 valence electrons. The van der Waals surface area contributed by atoms with E-state index in [4.69, 9.17) is 0 Å². The number of thiophene rings is 1. The van der Waals surface area contributed by atoms with Crippen molar-refractivity contribution in [2.75, 3.05) is 13.1 Å². The summed E-state index contributed by atoms with van der Waals surface area (Å²) in [6.07, 6.45) is 2.39. The number of amides is 1. The molecule has 1 aliphatic rings. The van der Waals surface area contributed by atoms with Gasteiger partial charge >= 0.3 is 0 Å². The van der Waals surface area contributed by atoms with Gasteiger partial charge in [-0.2, -0.15) is 16.4 Å². The summed E-state index contributed by atoms with van der Waals surface area (Å²) < 4.78 is 1.70. The third-order valence-electron chi connectivity index (χ3n) is 4.90. The van der Waals surface area contributed by atoms with Gasteiger partial charge in [-0.1, -0.05) is 0 Å². The summed E-state index contributed by atoms with van der Waals surface area (Å²) in [4.78, 5) is 34.1. The fourth-order valence-electron chi connectivity index (χ4n) is 3.27. The second-order valence-electron chi connectivity index (χ2n) is 6.53. The first kappa shape index (κ1) is 16.7. The minimum absolute atomic E-state index is 0.0190. The van der Waals surface area contributed by atoms with Gasteiger partial charge in [-0.3, -0.25) is 14.3 Å². The van der Waals surface area contributed by atoms with E-state index in [1.165, 1.54) is 6.07 Å². The topological polar surface area (TPSA) is 83.9 Å². The lowest BCUT2D eigenvalue weighted by Crippen LogP contribution is -2.29. The Morgan fingerprint density at radius 3 is 2.96 bits per heavy atom. The molecular formula is C18H19N5O2S. The van der Waals surface area contributed by atoms with Crippen LogP contribution in [0.25, 0.3) is 11.3 Å². The van der Waals surface area contributed by atoms with E-state index < -0.39 is 0 Å². The Morgan fingerprint density at radius 2 is 2.27 bits per heavy atom. The normalized spacial score (nSPS) is 17.0. The van der Waals surface area contributed by atoms with Crippen LogP contribution < -0.4 is 5.56 Å². The Labute approximate surface area is 154 Å². The van der Waals surface area contributed by atoms with Crippen LogP contribution in [0.5, 0.6) is 0 Å².